The van der Waals surface area contributed by atoms with Gasteiger partial charge < -0.3 is 10.0 Å². The maximum atomic E-state index is 11.7. The summed E-state index contributed by atoms with van der Waals surface area (Å²) >= 11 is 0. The molecule has 1 aromatic heterocycles. The molecule has 0 atom stereocenters. The number of amides is 1. The Morgan fingerprint density at radius 3 is 2.76 bits per heavy atom. The van der Waals surface area contributed by atoms with Gasteiger partial charge in [-0.1, -0.05) is 0 Å². The highest BCUT2D eigenvalue weighted by molar-refractivity contribution is 5.76. The summed E-state index contributed by atoms with van der Waals surface area (Å²) in [5.74, 6) is -0.107. The minimum Gasteiger partial charge on any atom is -0.396 e. The van der Waals surface area contributed by atoms with Gasteiger partial charge in [0, 0.05) is 37.7 Å². The predicted molar refractivity (Wildman–Crippen MR) is 58.5 cm³/mol. The van der Waals surface area contributed by atoms with Gasteiger partial charge in [-0.15, -0.1) is 0 Å². The van der Waals surface area contributed by atoms with E-state index in [1.165, 1.54) is 0 Å². The van der Waals surface area contributed by atoms with Crippen LogP contribution in [0.4, 0.5) is 0 Å². The Morgan fingerprint density at radius 1 is 1.41 bits per heavy atom. The van der Waals surface area contributed by atoms with Crippen molar-refractivity contribution in [3.05, 3.63) is 32.8 Å². The van der Waals surface area contributed by atoms with Crippen LogP contribution in [-0.2, 0) is 11.3 Å². The molecule has 2 heterocycles. The van der Waals surface area contributed by atoms with E-state index in [2.05, 4.69) is 5.10 Å². The monoisotopic (exact) mass is 239 g/mol. The highest BCUT2D eigenvalue weighted by atomic mass is 16.3. The quantitative estimate of drug-likeness (QED) is 0.637. The normalized spacial score (nSPS) is 15.7. The van der Waals surface area contributed by atoms with Gasteiger partial charge in [0.1, 0.15) is 6.54 Å². The third kappa shape index (κ3) is 2.44. The van der Waals surface area contributed by atoms with Gasteiger partial charge in [-0.3, -0.25) is 19.5 Å². The fraction of sp³-hybridized carbons (Fsp3) is 0.500. The molecular formula is C10H13N3O4. The molecule has 7 heteroatoms. The third-order valence-corrected chi connectivity index (χ3v) is 2.75. The molecule has 17 heavy (non-hydrogen) atoms. The van der Waals surface area contributed by atoms with Crippen LogP contribution in [0, 0.1) is 5.92 Å². The summed E-state index contributed by atoms with van der Waals surface area (Å²) in [6, 6.07) is 2.24. The maximum Gasteiger partial charge on any atom is 0.265 e. The summed E-state index contributed by atoms with van der Waals surface area (Å²) < 4.78 is 0.983. The number of aromatic amines is 1. The molecule has 1 amide bonds. The Hall–Kier alpha value is -1.89. The molecule has 0 unspecified atom stereocenters. The van der Waals surface area contributed by atoms with Crippen LogP contribution in [-0.4, -0.2) is 45.4 Å². The Balaban J connectivity index is 2.02. The number of aromatic nitrogens is 2. The Bertz CT molecular complexity index is 527. The van der Waals surface area contributed by atoms with E-state index in [9.17, 15) is 14.4 Å². The number of H-pyrrole nitrogens is 1. The number of hydrogen-bond acceptors (Lipinski definition) is 4. The smallest absolute Gasteiger partial charge is 0.265 e. The van der Waals surface area contributed by atoms with Crippen molar-refractivity contribution in [2.45, 2.75) is 6.54 Å². The van der Waals surface area contributed by atoms with Gasteiger partial charge in [0.05, 0.1) is 0 Å². The molecule has 0 aliphatic carbocycles. The summed E-state index contributed by atoms with van der Waals surface area (Å²) in [5, 5.41) is 11.1. The van der Waals surface area contributed by atoms with Crippen molar-refractivity contribution in [3.8, 4) is 0 Å². The van der Waals surface area contributed by atoms with Crippen molar-refractivity contribution >= 4 is 5.91 Å². The molecule has 2 rings (SSSR count). The summed E-state index contributed by atoms with van der Waals surface area (Å²) in [5.41, 5.74) is -0.841. The van der Waals surface area contributed by atoms with Gasteiger partial charge >= 0.3 is 0 Å². The lowest BCUT2D eigenvalue weighted by atomic mass is 10.0. The number of carbonyl (C=O) groups is 1. The number of carbonyl (C=O) groups excluding carboxylic acids is 1. The van der Waals surface area contributed by atoms with Crippen LogP contribution in [0.2, 0.25) is 0 Å². The van der Waals surface area contributed by atoms with Crippen LogP contribution < -0.4 is 11.1 Å². The number of rotatable bonds is 3. The van der Waals surface area contributed by atoms with Crippen molar-refractivity contribution in [1.29, 1.82) is 0 Å². The highest BCUT2D eigenvalue weighted by Crippen LogP contribution is 2.14. The lowest BCUT2D eigenvalue weighted by Crippen LogP contribution is -2.53. The van der Waals surface area contributed by atoms with Gasteiger partial charge in [-0.05, 0) is 0 Å². The SMILES string of the molecule is O=C(Cn1[nH]c(=O)ccc1=O)N1CC(CO)C1. The highest BCUT2D eigenvalue weighted by Gasteiger charge is 2.29. The van der Waals surface area contributed by atoms with Crippen LogP contribution in [0.3, 0.4) is 0 Å². The molecule has 0 saturated carbocycles. The predicted octanol–water partition coefficient (Wildman–Crippen LogP) is -2.01. The van der Waals surface area contributed by atoms with Crippen LogP contribution in [0.5, 0.6) is 0 Å². The second kappa shape index (κ2) is 4.54. The van der Waals surface area contributed by atoms with Crippen molar-refractivity contribution in [1.82, 2.24) is 14.7 Å². The molecule has 2 N–H and O–H groups in total. The third-order valence-electron chi connectivity index (χ3n) is 2.75. The topological polar surface area (TPSA) is 95.4 Å². The lowest BCUT2D eigenvalue weighted by Gasteiger charge is -2.38. The van der Waals surface area contributed by atoms with Crippen LogP contribution in [0.25, 0.3) is 0 Å². The molecule has 1 aliphatic heterocycles. The average molecular weight is 239 g/mol. The molecule has 0 bridgehead atoms. The number of nitrogens with zero attached hydrogens (tertiary/aromatic N) is 2. The van der Waals surface area contributed by atoms with Crippen molar-refractivity contribution in [3.63, 3.8) is 0 Å². The molecule has 0 spiro atoms. The fourth-order valence-electron chi connectivity index (χ4n) is 1.70. The number of nitrogens with one attached hydrogen (secondary N) is 1. The van der Waals surface area contributed by atoms with E-state index in [4.69, 9.17) is 5.11 Å². The molecule has 0 aromatic carbocycles. The van der Waals surface area contributed by atoms with Gasteiger partial charge in [0.2, 0.25) is 5.91 Å². The van der Waals surface area contributed by atoms with Crippen LogP contribution in [0.15, 0.2) is 21.7 Å². The first-order chi connectivity index (χ1) is 8.10. The number of aliphatic hydroxyl groups excluding tert-OH is 1. The standard InChI is InChI=1S/C10H13N3O4/c14-6-7-3-12(4-7)10(17)5-13-9(16)2-1-8(15)11-13/h1-2,7,14H,3-6H2,(H,11,15). The van der Waals surface area contributed by atoms with E-state index in [1.54, 1.807) is 4.90 Å². The number of aliphatic hydroxyl groups is 1. The van der Waals surface area contributed by atoms with E-state index in [-0.39, 0.29) is 25.0 Å². The van der Waals surface area contributed by atoms with Gasteiger partial charge in [-0.2, -0.15) is 0 Å². The first-order valence-electron chi connectivity index (χ1n) is 5.29. The Morgan fingerprint density at radius 2 is 2.12 bits per heavy atom. The van der Waals surface area contributed by atoms with Gasteiger partial charge in [-0.25, -0.2) is 4.68 Å². The van der Waals surface area contributed by atoms with Crippen molar-refractivity contribution in [2.75, 3.05) is 19.7 Å². The first kappa shape index (κ1) is 11.6. The van der Waals surface area contributed by atoms with E-state index < -0.39 is 11.1 Å². The average Bonchev–Trinajstić information content (AvgIpc) is 2.22. The molecule has 7 nitrogen and oxygen atoms in total. The number of hydrogen-bond donors (Lipinski definition) is 2. The summed E-state index contributed by atoms with van der Waals surface area (Å²) in [6.07, 6.45) is 0. The second-order valence-electron chi connectivity index (χ2n) is 4.08. The molecular weight excluding hydrogens is 226 g/mol. The maximum absolute atomic E-state index is 11.7. The molecule has 1 saturated heterocycles. The molecule has 92 valence electrons. The van der Waals surface area contributed by atoms with E-state index >= 15 is 0 Å². The van der Waals surface area contributed by atoms with Crippen LogP contribution >= 0.6 is 0 Å². The zero-order valence-electron chi connectivity index (χ0n) is 9.13. The second-order valence-corrected chi connectivity index (χ2v) is 4.08. The molecule has 1 fully saturated rings. The largest absolute Gasteiger partial charge is 0.396 e. The first-order valence-corrected chi connectivity index (χ1v) is 5.29. The van der Waals surface area contributed by atoms with E-state index in [0.29, 0.717) is 13.1 Å². The summed E-state index contributed by atoms with van der Waals surface area (Å²) in [4.78, 5) is 35.6. The number of likely N-dealkylation sites (tertiary alicyclic amines) is 1. The van der Waals surface area contributed by atoms with E-state index in [0.717, 1.165) is 16.8 Å². The van der Waals surface area contributed by atoms with Crippen molar-refractivity contribution < 1.29 is 9.90 Å². The molecule has 1 aromatic rings. The lowest BCUT2D eigenvalue weighted by molar-refractivity contribution is -0.139. The Kier molecular flexibility index (Phi) is 3.10. The Labute approximate surface area is 96.3 Å². The summed E-state index contributed by atoms with van der Waals surface area (Å²) in [6.45, 7) is 0.890. The van der Waals surface area contributed by atoms with Crippen molar-refractivity contribution in [2.24, 2.45) is 5.92 Å². The summed E-state index contributed by atoms with van der Waals surface area (Å²) in [7, 11) is 0. The zero-order valence-corrected chi connectivity index (χ0v) is 9.13. The van der Waals surface area contributed by atoms with E-state index in [1.807, 2.05) is 0 Å². The van der Waals surface area contributed by atoms with Crippen LogP contribution in [0.1, 0.15) is 0 Å². The van der Waals surface area contributed by atoms with Gasteiger partial charge in [0.15, 0.2) is 0 Å². The fourth-order valence-corrected chi connectivity index (χ4v) is 1.70. The zero-order chi connectivity index (χ0) is 12.4. The molecule has 0 radical (unpaired) electrons. The minimum atomic E-state index is -0.422. The minimum absolute atomic E-state index is 0.0614. The molecule has 1 aliphatic rings. The van der Waals surface area contributed by atoms with Gasteiger partial charge in [0.25, 0.3) is 11.1 Å².